The quantitative estimate of drug-likeness (QED) is 0.752. The van der Waals surface area contributed by atoms with Crippen molar-refractivity contribution in [2.24, 2.45) is 0 Å². The van der Waals surface area contributed by atoms with Gasteiger partial charge in [0.05, 0.1) is 17.6 Å². The molecule has 0 aliphatic rings. The van der Waals surface area contributed by atoms with Gasteiger partial charge in [-0.2, -0.15) is 4.31 Å². The number of sulfonamides is 1. The van der Waals surface area contributed by atoms with E-state index >= 15 is 0 Å². The zero-order valence-corrected chi connectivity index (χ0v) is 13.1. The number of hydrogen-bond donors (Lipinski definition) is 1. The van der Waals surface area contributed by atoms with E-state index in [9.17, 15) is 8.42 Å². The van der Waals surface area contributed by atoms with Crippen molar-refractivity contribution in [3.63, 3.8) is 0 Å². The first-order chi connectivity index (χ1) is 8.41. The van der Waals surface area contributed by atoms with Gasteiger partial charge in [0.15, 0.2) is 5.03 Å². The predicted octanol–water partition coefficient (Wildman–Crippen LogP) is 1.00. The molecule has 1 aromatic heterocycles. The lowest BCUT2D eigenvalue weighted by Crippen LogP contribution is -2.34. The highest BCUT2D eigenvalue weighted by atomic mass is 79.9. The normalized spacial score (nSPS) is 14.1. The molecule has 0 aliphatic heterocycles. The number of methoxy groups -OCH3 is 1. The van der Waals surface area contributed by atoms with E-state index in [-0.39, 0.29) is 9.85 Å². The number of H-pyrrole nitrogens is 1. The van der Waals surface area contributed by atoms with Crippen LogP contribution in [0.5, 0.6) is 0 Å². The van der Waals surface area contributed by atoms with E-state index in [1.54, 1.807) is 7.11 Å². The Morgan fingerprint density at radius 3 is 2.78 bits per heavy atom. The number of nitrogens with one attached hydrogen (secondary N) is 1. The van der Waals surface area contributed by atoms with Crippen LogP contribution in [-0.2, 0) is 21.2 Å². The molecule has 1 heterocycles. The Labute approximate surface area is 116 Å². The Hall–Kier alpha value is -0.440. The molecule has 104 valence electrons. The highest BCUT2D eigenvalue weighted by Crippen LogP contribution is 2.14. The first-order valence-electron chi connectivity index (χ1n) is 5.55. The second-order valence-electron chi connectivity index (χ2n) is 3.89. The number of aromatic amines is 1. The summed E-state index contributed by atoms with van der Waals surface area (Å²) in [7, 11) is -0.404. The molecule has 1 rings (SSSR count). The summed E-state index contributed by atoms with van der Waals surface area (Å²) in [6.45, 7) is 2.69. The van der Waals surface area contributed by atoms with Crippen LogP contribution in [0.2, 0.25) is 0 Å². The van der Waals surface area contributed by atoms with Crippen LogP contribution >= 0.6 is 15.9 Å². The molecule has 1 aromatic rings. The predicted molar refractivity (Wildman–Crippen MR) is 72.4 cm³/mol. The van der Waals surface area contributed by atoms with Crippen LogP contribution in [0.4, 0.5) is 0 Å². The second kappa shape index (κ2) is 6.65. The largest absolute Gasteiger partial charge is 0.383 e. The summed E-state index contributed by atoms with van der Waals surface area (Å²) in [4.78, 5) is 6.76. The molecule has 0 bridgehead atoms. The number of rotatable bonds is 7. The molecular weight excluding hydrogens is 322 g/mol. The number of alkyl halides is 1. The highest BCUT2D eigenvalue weighted by molar-refractivity contribution is 9.09. The van der Waals surface area contributed by atoms with Gasteiger partial charge in [-0.3, -0.25) is 0 Å². The molecule has 6 nitrogen and oxygen atoms in total. The van der Waals surface area contributed by atoms with Crippen LogP contribution < -0.4 is 0 Å². The number of aryl methyl sites for hydroxylation is 1. The van der Waals surface area contributed by atoms with Gasteiger partial charge in [-0.25, -0.2) is 13.4 Å². The third kappa shape index (κ3) is 3.78. The number of halogens is 1. The van der Waals surface area contributed by atoms with E-state index in [4.69, 9.17) is 4.74 Å². The van der Waals surface area contributed by atoms with E-state index < -0.39 is 10.0 Å². The lowest BCUT2D eigenvalue weighted by Gasteiger charge is -2.18. The lowest BCUT2D eigenvalue weighted by molar-refractivity contribution is 0.195. The van der Waals surface area contributed by atoms with Gasteiger partial charge in [0.25, 0.3) is 10.0 Å². The molecule has 0 radical (unpaired) electrons. The monoisotopic (exact) mass is 339 g/mol. The van der Waals surface area contributed by atoms with Gasteiger partial charge >= 0.3 is 0 Å². The maximum atomic E-state index is 12.2. The minimum atomic E-state index is -3.51. The molecule has 0 saturated carbocycles. The zero-order chi connectivity index (χ0) is 13.8. The molecule has 1 atom stereocenters. The van der Waals surface area contributed by atoms with Crippen LogP contribution in [0, 0.1) is 0 Å². The molecule has 0 fully saturated rings. The van der Waals surface area contributed by atoms with Crippen molar-refractivity contribution in [1.82, 2.24) is 14.3 Å². The van der Waals surface area contributed by atoms with Crippen molar-refractivity contribution in [1.29, 1.82) is 0 Å². The minimum absolute atomic E-state index is 0.0455. The average Bonchev–Trinajstić information content (AvgIpc) is 2.78. The van der Waals surface area contributed by atoms with Gasteiger partial charge < -0.3 is 9.72 Å². The minimum Gasteiger partial charge on any atom is -0.383 e. The Morgan fingerprint density at radius 1 is 1.61 bits per heavy atom. The smallest absolute Gasteiger partial charge is 0.259 e. The number of ether oxygens (including phenoxy) is 1. The van der Waals surface area contributed by atoms with E-state index in [0.29, 0.717) is 25.4 Å². The third-order valence-electron chi connectivity index (χ3n) is 2.43. The summed E-state index contributed by atoms with van der Waals surface area (Å²) < 4.78 is 30.6. The first-order valence-corrected chi connectivity index (χ1v) is 7.90. The number of nitrogens with zero attached hydrogens (tertiary/aromatic N) is 2. The molecule has 8 heteroatoms. The summed E-state index contributed by atoms with van der Waals surface area (Å²) >= 11 is 3.37. The van der Waals surface area contributed by atoms with Crippen molar-refractivity contribution in [2.75, 3.05) is 27.3 Å². The van der Waals surface area contributed by atoms with Gasteiger partial charge in [-0.1, -0.05) is 22.9 Å². The van der Waals surface area contributed by atoms with Crippen molar-refractivity contribution in [2.45, 2.75) is 23.2 Å². The Balaban J connectivity index is 2.79. The fourth-order valence-electron chi connectivity index (χ4n) is 1.43. The average molecular weight is 340 g/mol. The standard InChI is InChI=1S/C10H18BrN3O3S/c1-4-9-12-5-10(13-9)18(15,16)14(2)6-8(11)7-17-3/h5,8H,4,6-7H2,1-3H3,(H,12,13). The summed E-state index contributed by atoms with van der Waals surface area (Å²) in [6, 6.07) is 0. The zero-order valence-electron chi connectivity index (χ0n) is 10.7. The van der Waals surface area contributed by atoms with Gasteiger partial charge in [0.1, 0.15) is 5.82 Å². The first kappa shape index (κ1) is 15.6. The lowest BCUT2D eigenvalue weighted by atomic mass is 10.4. The van der Waals surface area contributed by atoms with Gasteiger partial charge in [0, 0.05) is 27.1 Å². The summed E-state index contributed by atoms with van der Waals surface area (Å²) in [5.74, 6) is 0.661. The van der Waals surface area contributed by atoms with Crippen LogP contribution in [0.15, 0.2) is 11.2 Å². The number of hydrogen-bond acceptors (Lipinski definition) is 4. The maximum absolute atomic E-state index is 12.2. The maximum Gasteiger partial charge on any atom is 0.259 e. The van der Waals surface area contributed by atoms with E-state index in [2.05, 4.69) is 25.9 Å². The summed E-state index contributed by atoms with van der Waals surface area (Å²) in [6.07, 6.45) is 2.02. The van der Waals surface area contributed by atoms with Crippen molar-refractivity contribution < 1.29 is 13.2 Å². The molecular formula is C10H18BrN3O3S. The van der Waals surface area contributed by atoms with Crippen LogP contribution in [0.25, 0.3) is 0 Å². The second-order valence-corrected chi connectivity index (χ2v) is 7.19. The molecule has 0 saturated heterocycles. The number of imidazole rings is 1. The van der Waals surface area contributed by atoms with E-state index in [0.717, 1.165) is 0 Å². The van der Waals surface area contributed by atoms with Crippen molar-refractivity contribution in [3.8, 4) is 0 Å². The third-order valence-corrected chi connectivity index (χ3v) is 4.72. The van der Waals surface area contributed by atoms with Gasteiger partial charge in [-0.15, -0.1) is 0 Å². The Kier molecular flexibility index (Phi) is 5.77. The molecule has 1 unspecified atom stereocenters. The van der Waals surface area contributed by atoms with Crippen molar-refractivity contribution in [3.05, 3.63) is 12.0 Å². The topological polar surface area (TPSA) is 75.3 Å². The van der Waals surface area contributed by atoms with E-state index in [1.165, 1.54) is 17.5 Å². The van der Waals surface area contributed by atoms with Crippen molar-refractivity contribution >= 4 is 26.0 Å². The molecule has 0 spiro atoms. The van der Waals surface area contributed by atoms with Crippen LogP contribution in [-0.4, -0.2) is 54.8 Å². The summed E-state index contributed by atoms with van der Waals surface area (Å²) in [5.41, 5.74) is 0. The molecule has 0 aromatic carbocycles. The van der Waals surface area contributed by atoms with Gasteiger partial charge in [0.2, 0.25) is 0 Å². The Morgan fingerprint density at radius 2 is 2.28 bits per heavy atom. The van der Waals surface area contributed by atoms with Crippen LogP contribution in [0.3, 0.4) is 0 Å². The van der Waals surface area contributed by atoms with Crippen LogP contribution in [0.1, 0.15) is 12.7 Å². The molecule has 18 heavy (non-hydrogen) atoms. The molecule has 1 N–H and O–H groups in total. The summed E-state index contributed by atoms with van der Waals surface area (Å²) in [5, 5.41) is 0.124. The Bertz CT molecular complexity index is 474. The molecule has 0 amide bonds. The highest BCUT2D eigenvalue weighted by Gasteiger charge is 2.24. The van der Waals surface area contributed by atoms with Gasteiger partial charge in [-0.05, 0) is 0 Å². The fourth-order valence-corrected chi connectivity index (χ4v) is 3.47. The fraction of sp³-hybridized carbons (Fsp3) is 0.700. The molecule has 0 aliphatic carbocycles. The number of aromatic nitrogens is 2. The SMILES string of the molecule is CCc1ncc(S(=O)(=O)N(C)CC(Br)COC)[nH]1. The van der Waals surface area contributed by atoms with E-state index in [1.807, 2.05) is 6.92 Å².